The van der Waals surface area contributed by atoms with E-state index in [-0.39, 0.29) is 33.2 Å². The molecule has 0 spiro atoms. The molecule has 3 aromatic rings. The zero-order valence-corrected chi connectivity index (χ0v) is 22.2. The second kappa shape index (κ2) is 11.1. The molecule has 2 heterocycles. The van der Waals surface area contributed by atoms with Crippen LogP contribution in [-0.2, 0) is 11.2 Å². The number of carbonyl (C=O) groups is 3. The molecule has 0 bridgehead atoms. The first-order valence-electron chi connectivity index (χ1n) is 12.0. The van der Waals surface area contributed by atoms with Gasteiger partial charge in [0.25, 0.3) is 11.8 Å². The third-order valence-electron chi connectivity index (χ3n) is 5.21. The van der Waals surface area contributed by atoms with Crippen molar-refractivity contribution in [3.63, 3.8) is 0 Å². The molecule has 0 unspecified atom stereocenters. The number of rotatable bonds is 8. The molecule has 1 aromatic carbocycles. The highest BCUT2D eigenvalue weighted by Crippen LogP contribution is 2.28. The van der Waals surface area contributed by atoms with Gasteiger partial charge in [0.15, 0.2) is 5.13 Å². The van der Waals surface area contributed by atoms with E-state index >= 15 is 0 Å². The second-order valence-electron chi connectivity index (χ2n) is 9.60. The van der Waals surface area contributed by atoms with Gasteiger partial charge in [-0.25, -0.2) is 19.2 Å². The van der Waals surface area contributed by atoms with E-state index in [1.807, 2.05) is 0 Å². The smallest absolute Gasteiger partial charge is 0.413 e. The predicted octanol–water partition coefficient (Wildman–Crippen LogP) is 5.63. The van der Waals surface area contributed by atoms with Gasteiger partial charge in [-0.05, 0) is 69.9 Å². The van der Waals surface area contributed by atoms with Crippen LogP contribution in [0.25, 0.3) is 0 Å². The summed E-state index contributed by atoms with van der Waals surface area (Å²) in [5.74, 6) is -1.14. The summed E-state index contributed by atoms with van der Waals surface area (Å²) in [5.41, 5.74) is -0.160. The molecule has 3 N–H and O–H groups in total. The molecule has 200 valence electrons. The van der Waals surface area contributed by atoms with Crippen LogP contribution >= 0.6 is 11.3 Å². The van der Waals surface area contributed by atoms with Crippen molar-refractivity contribution in [2.24, 2.45) is 0 Å². The summed E-state index contributed by atoms with van der Waals surface area (Å²) in [6, 6.07) is 5.76. The van der Waals surface area contributed by atoms with E-state index in [4.69, 9.17) is 9.47 Å². The largest absolute Gasteiger partial charge is 0.489 e. The number of nitrogens with one attached hydrogen (secondary N) is 3. The monoisotopic (exact) mass is 541 g/mol. The number of thiazole rings is 1. The number of pyridine rings is 1. The van der Waals surface area contributed by atoms with E-state index in [2.05, 4.69) is 25.9 Å². The topological polar surface area (TPSA) is 132 Å². The highest BCUT2D eigenvalue weighted by molar-refractivity contribution is 7.17. The van der Waals surface area contributed by atoms with E-state index in [0.29, 0.717) is 17.7 Å². The molecule has 0 saturated heterocycles. The Morgan fingerprint density at radius 1 is 1.05 bits per heavy atom. The summed E-state index contributed by atoms with van der Waals surface area (Å²) in [6.07, 6.45) is 4.76. The van der Waals surface area contributed by atoms with Gasteiger partial charge < -0.3 is 20.1 Å². The Hall–Kier alpha value is -4.06. The minimum absolute atomic E-state index is 0.181. The number of hydrogen-bond acceptors (Lipinski definition) is 8. The van der Waals surface area contributed by atoms with Crippen molar-refractivity contribution in [2.75, 3.05) is 16.0 Å². The lowest BCUT2D eigenvalue weighted by Crippen LogP contribution is -2.27. The average Bonchev–Trinajstić information content (AvgIpc) is 3.54. The SMILES string of the molecule is CCc1cc(F)c(C(=O)Nc2ccc(OC3CC3)cn2)cc1NC(=O)c1cnc(NC(=O)OC(C)(C)C)s1. The summed E-state index contributed by atoms with van der Waals surface area (Å²) in [7, 11) is 0. The van der Waals surface area contributed by atoms with Crippen LogP contribution in [0.4, 0.5) is 25.8 Å². The van der Waals surface area contributed by atoms with Gasteiger partial charge in [0, 0.05) is 5.69 Å². The van der Waals surface area contributed by atoms with Crippen LogP contribution in [0.15, 0.2) is 36.7 Å². The number of anilines is 3. The number of aryl methyl sites for hydroxylation is 1. The summed E-state index contributed by atoms with van der Waals surface area (Å²) < 4.78 is 25.6. The molecule has 0 radical (unpaired) electrons. The van der Waals surface area contributed by atoms with Gasteiger partial charge in [0.05, 0.1) is 24.1 Å². The van der Waals surface area contributed by atoms with Gasteiger partial charge in [0.2, 0.25) is 0 Å². The maximum absolute atomic E-state index is 14.8. The van der Waals surface area contributed by atoms with Crippen molar-refractivity contribution in [3.8, 4) is 5.75 Å². The normalized spacial score (nSPS) is 13.0. The standard InChI is InChI=1S/C26H28FN5O5S/c1-5-14-10-18(27)17(22(33)31-21-9-8-16(12-28-21)36-15-6-7-15)11-19(14)30-23(34)20-13-29-24(38-20)32-25(35)37-26(2,3)4/h8-13,15H,5-7H2,1-4H3,(H,30,34)(H,28,31,33)(H,29,32,35). The summed E-state index contributed by atoms with van der Waals surface area (Å²) >= 11 is 0.945. The van der Waals surface area contributed by atoms with Crippen LogP contribution in [0.5, 0.6) is 5.75 Å². The zero-order chi connectivity index (χ0) is 27.4. The van der Waals surface area contributed by atoms with Crippen molar-refractivity contribution < 1.29 is 28.2 Å². The summed E-state index contributed by atoms with van der Waals surface area (Å²) in [4.78, 5) is 46.0. The Morgan fingerprint density at radius 3 is 2.45 bits per heavy atom. The fraction of sp³-hybridized carbons (Fsp3) is 0.346. The van der Waals surface area contributed by atoms with Crippen LogP contribution in [0.3, 0.4) is 0 Å². The third kappa shape index (κ3) is 7.25. The Labute approximate surface area is 223 Å². The number of hydrogen-bond donors (Lipinski definition) is 3. The molecule has 10 nitrogen and oxygen atoms in total. The molecule has 38 heavy (non-hydrogen) atoms. The van der Waals surface area contributed by atoms with Crippen molar-refractivity contribution in [1.82, 2.24) is 9.97 Å². The van der Waals surface area contributed by atoms with Gasteiger partial charge in [-0.2, -0.15) is 0 Å². The number of nitrogens with zero attached hydrogens (tertiary/aromatic N) is 2. The molecule has 1 aliphatic carbocycles. The van der Waals surface area contributed by atoms with Crippen molar-refractivity contribution >= 4 is 45.9 Å². The Morgan fingerprint density at radius 2 is 1.82 bits per heavy atom. The van der Waals surface area contributed by atoms with E-state index in [9.17, 15) is 18.8 Å². The van der Waals surface area contributed by atoms with Gasteiger partial charge in [-0.3, -0.25) is 14.9 Å². The van der Waals surface area contributed by atoms with Gasteiger partial charge in [-0.1, -0.05) is 18.3 Å². The minimum atomic E-state index is -0.729. The van der Waals surface area contributed by atoms with Gasteiger partial charge in [-0.15, -0.1) is 0 Å². The number of halogens is 1. The van der Waals surface area contributed by atoms with E-state index < -0.39 is 29.3 Å². The van der Waals surface area contributed by atoms with Crippen LogP contribution in [-0.4, -0.2) is 39.6 Å². The molecular formula is C26H28FN5O5S. The molecule has 1 fully saturated rings. The van der Waals surface area contributed by atoms with Crippen LogP contribution in [0.2, 0.25) is 0 Å². The third-order valence-corrected chi connectivity index (χ3v) is 6.12. The van der Waals surface area contributed by atoms with Crippen LogP contribution in [0, 0.1) is 5.82 Å². The first-order chi connectivity index (χ1) is 18.0. The Balaban J connectivity index is 1.45. The quantitative estimate of drug-likeness (QED) is 0.337. The van der Waals surface area contributed by atoms with E-state index in [0.717, 1.165) is 24.2 Å². The maximum atomic E-state index is 14.8. The predicted molar refractivity (Wildman–Crippen MR) is 142 cm³/mol. The number of amides is 3. The molecule has 0 aliphatic heterocycles. The first-order valence-corrected chi connectivity index (χ1v) is 12.9. The van der Waals surface area contributed by atoms with Gasteiger partial charge in [0.1, 0.15) is 27.9 Å². The number of aromatic nitrogens is 2. The van der Waals surface area contributed by atoms with Gasteiger partial charge >= 0.3 is 6.09 Å². The lowest BCUT2D eigenvalue weighted by molar-refractivity contribution is 0.0635. The molecular weight excluding hydrogens is 513 g/mol. The second-order valence-corrected chi connectivity index (χ2v) is 10.6. The number of benzene rings is 1. The van der Waals surface area contributed by atoms with Crippen molar-refractivity contribution in [1.29, 1.82) is 0 Å². The Kier molecular flexibility index (Phi) is 7.91. The zero-order valence-electron chi connectivity index (χ0n) is 21.4. The molecule has 0 atom stereocenters. The van der Waals surface area contributed by atoms with E-state index in [1.54, 1.807) is 39.8 Å². The fourth-order valence-corrected chi connectivity index (χ4v) is 3.99. The highest BCUT2D eigenvalue weighted by Gasteiger charge is 2.24. The average molecular weight is 542 g/mol. The van der Waals surface area contributed by atoms with Crippen LogP contribution < -0.4 is 20.7 Å². The van der Waals surface area contributed by atoms with Crippen molar-refractivity contribution in [2.45, 2.75) is 58.7 Å². The van der Waals surface area contributed by atoms with Crippen molar-refractivity contribution in [3.05, 3.63) is 58.5 Å². The summed E-state index contributed by atoms with van der Waals surface area (Å²) in [6.45, 7) is 6.99. The molecule has 2 aromatic heterocycles. The number of ether oxygens (including phenoxy) is 2. The van der Waals surface area contributed by atoms with E-state index in [1.165, 1.54) is 24.5 Å². The molecule has 1 aliphatic rings. The van der Waals surface area contributed by atoms with Crippen LogP contribution in [0.1, 0.15) is 66.1 Å². The number of carbonyl (C=O) groups excluding carboxylic acids is 3. The highest BCUT2D eigenvalue weighted by atomic mass is 32.1. The lowest BCUT2D eigenvalue weighted by Gasteiger charge is -2.18. The molecule has 3 amide bonds. The minimum Gasteiger partial charge on any atom is -0.489 e. The maximum Gasteiger partial charge on any atom is 0.413 e. The summed E-state index contributed by atoms with van der Waals surface area (Å²) in [5, 5.41) is 7.93. The molecule has 4 rings (SSSR count). The first kappa shape index (κ1) is 27.0. The lowest BCUT2D eigenvalue weighted by atomic mass is 10.1. The molecule has 1 saturated carbocycles. The fourth-order valence-electron chi connectivity index (χ4n) is 3.29. The molecule has 12 heteroatoms. The Bertz CT molecular complexity index is 1350.